The number of benzene rings is 1. The summed E-state index contributed by atoms with van der Waals surface area (Å²) in [6.07, 6.45) is 4.12. The summed E-state index contributed by atoms with van der Waals surface area (Å²) in [6, 6.07) is 9.96. The van der Waals surface area contributed by atoms with Gasteiger partial charge >= 0.3 is 0 Å². The highest BCUT2D eigenvalue weighted by molar-refractivity contribution is 5.85. The molecule has 2 aliphatic heterocycles. The number of likely N-dealkylation sites (N-methyl/N-ethyl adjacent to an activating group) is 1. The van der Waals surface area contributed by atoms with Crippen molar-refractivity contribution in [1.82, 2.24) is 15.1 Å². The lowest BCUT2D eigenvalue weighted by atomic mass is 9.93. The molecule has 1 aromatic carbocycles. The van der Waals surface area contributed by atoms with Gasteiger partial charge in [-0.1, -0.05) is 18.2 Å². The Hall–Kier alpha value is -1.79. The standard InChI is InChI=1S/C21H31N3O3.ClH/c1-22-18-6-5-12-24(16-18)21(26)17-9-13-23(14-10-17)20(25)11-15-27-19-7-3-2-4-8-19;/h2-4,7-8,17-18,22H,5-6,9-16H2,1H3;1H. The number of halogens is 1. The Bertz CT molecular complexity index is 621. The van der Waals surface area contributed by atoms with Gasteiger partial charge in [0, 0.05) is 38.1 Å². The molecule has 2 heterocycles. The van der Waals surface area contributed by atoms with E-state index in [4.69, 9.17) is 4.74 Å². The fourth-order valence-corrected chi connectivity index (χ4v) is 3.98. The molecule has 1 atom stereocenters. The van der Waals surface area contributed by atoms with E-state index in [1.54, 1.807) is 0 Å². The lowest BCUT2D eigenvalue weighted by Crippen LogP contribution is -2.50. The van der Waals surface area contributed by atoms with Gasteiger partial charge in [-0.25, -0.2) is 0 Å². The topological polar surface area (TPSA) is 61.9 Å². The van der Waals surface area contributed by atoms with Crippen molar-refractivity contribution < 1.29 is 14.3 Å². The van der Waals surface area contributed by atoms with Gasteiger partial charge in [0.15, 0.2) is 0 Å². The highest BCUT2D eigenvalue weighted by Gasteiger charge is 2.32. The van der Waals surface area contributed by atoms with Crippen molar-refractivity contribution in [3.8, 4) is 5.75 Å². The van der Waals surface area contributed by atoms with E-state index in [2.05, 4.69) is 5.32 Å². The van der Waals surface area contributed by atoms with Gasteiger partial charge in [0.2, 0.25) is 11.8 Å². The van der Waals surface area contributed by atoms with Crippen LogP contribution in [-0.2, 0) is 9.59 Å². The zero-order valence-corrected chi connectivity index (χ0v) is 17.5. The first-order valence-corrected chi connectivity index (χ1v) is 10.1. The molecule has 0 spiro atoms. The van der Waals surface area contributed by atoms with Crippen LogP contribution in [0.3, 0.4) is 0 Å². The third kappa shape index (κ3) is 6.11. The third-order valence-corrected chi connectivity index (χ3v) is 5.67. The molecule has 2 saturated heterocycles. The summed E-state index contributed by atoms with van der Waals surface area (Å²) >= 11 is 0. The van der Waals surface area contributed by atoms with Crippen LogP contribution in [0.5, 0.6) is 5.75 Å². The van der Waals surface area contributed by atoms with Crippen LogP contribution in [0.2, 0.25) is 0 Å². The van der Waals surface area contributed by atoms with E-state index >= 15 is 0 Å². The van der Waals surface area contributed by atoms with Crippen molar-refractivity contribution in [2.24, 2.45) is 5.92 Å². The first-order chi connectivity index (χ1) is 13.2. The molecule has 0 bridgehead atoms. The molecule has 2 fully saturated rings. The second kappa shape index (κ2) is 11.3. The van der Waals surface area contributed by atoms with Gasteiger partial charge in [0.25, 0.3) is 0 Å². The molecule has 2 aliphatic rings. The van der Waals surface area contributed by atoms with Crippen LogP contribution in [-0.4, -0.2) is 67.5 Å². The molecule has 0 aliphatic carbocycles. The highest BCUT2D eigenvalue weighted by atomic mass is 35.5. The lowest BCUT2D eigenvalue weighted by Gasteiger charge is -2.37. The molecule has 6 nitrogen and oxygen atoms in total. The fourth-order valence-electron chi connectivity index (χ4n) is 3.98. The minimum Gasteiger partial charge on any atom is -0.493 e. The maximum atomic E-state index is 12.8. The molecule has 1 unspecified atom stereocenters. The number of likely N-dealkylation sites (tertiary alicyclic amines) is 2. The maximum Gasteiger partial charge on any atom is 0.225 e. The van der Waals surface area contributed by atoms with Crippen LogP contribution < -0.4 is 10.1 Å². The summed E-state index contributed by atoms with van der Waals surface area (Å²) in [5, 5.41) is 3.29. The van der Waals surface area contributed by atoms with Crippen molar-refractivity contribution in [1.29, 1.82) is 0 Å². The Morgan fingerprint density at radius 1 is 1.07 bits per heavy atom. The summed E-state index contributed by atoms with van der Waals surface area (Å²) in [4.78, 5) is 29.1. The van der Waals surface area contributed by atoms with Gasteiger partial charge in [-0.2, -0.15) is 0 Å². The maximum absolute atomic E-state index is 12.8. The number of nitrogens with zero attached hydrogens (tertiary/aromatic N) is 2. The summed E-state index contributed by atoms with van der Waals surface area (Å²) in [6.45, 7) is 3.41. The lowest BCUT2D eigenvalue weighted by molar-refractivity contribution is -0.141. The molecule has 7 heteroatoms. The molecule has 1 aromatic rings. The fraction of sp³-hybridized carbons (Fsp3) is 0.619. The molecule has 1 N–H and O–H groups in total. The molecule has 156 valence electrons. The van der Waals surface area contributed by atoms with E-state index in [9.17, 15) is 9.59 Å². The predicted molar refractivity (Wildman–Crippen MR) is 112 cm³/mol. The first-order valence-electron chi connectivity index (χ1n) is 10.1. The molecule has 2 amide bonds. The van der Waals surface area contributed by atoms with Crippen molar-refractivity contribution >= 4 is 24.2 Å². The number of amides is 2. The second-order valence-electron chi connectivity index (χ2n) is 7.48. The van der Waals surface area contributed by atoms with Gasteiger partial charge in [-0.3, -0.25) is 9.59 Å². The van der Waals surface area contributed by atoms with Crippen molar-refractivity contribution in [3.63, 3.8) is 0 Å². The van der Waals surface area contributed by atoms with E-state index in [0.29, 0.717) is 32.2 Å². The summed E-state index contributed by atoms with van der Waals surface area (Å²) in [7, 11) is 1.96. The minimum absolute atomic E-state index is 0. The van der Waals surface area contributed by atoms with Gasteiger partial charge in [-0.05, 0) is 44.9 Å². The predicted octanol–water partition coefficient (Wildman–Crippen LogP) is 2.33. The molecule has 3 rings (SSSR count). The summed E-state index contributed by atoms with van der Waals surface area (Å²) < 4.78 is 5.61. The third-order valence-electron chi connectivity index (χ3n) is 5.67. The van der Waals surface area contributed by atoms with Crippen LogP contribution in [0.25, 0.3) is 0 Å². The average molecular weight is 410 g/mol. The summed E-state index contributed by atoms with van der Waals surface area (Å²) in [5.74, 6) is 1.24. The molecular formula is C21H32ClN3O3. The van der Waals surface area contributed by atoms with Crippen molar-refractivity contribution in [2.45, 2.75) is 38.1 Å². The number of nitrogens with one attached hydrogen (secondary N) is 1. The Labute approximate surface area is 174 Å². The van der Waals surface area contributed by atoms with Gasteiger partial charge in [0.05, 0.1) is 13.0 Å². The van der Waals surface area contributed by atoms with Crippen LogP contribution in [0.1, 0.15) is 32.1 Å². The van der Waals surface area contributed by atoms with Gasteiger partial charge < -0.3 is 19.9 Å². The number of para-hydroxylation sites is 1. The highest BCUT2D eigenvalue weighted by Crippen LogP contribution is 2.22. The number of hydrogen-bond acceptors (Lipinski definition) is 4. The second-order valence-corrected chi connectivity index (χ2v) is 7.48. The zero-order chi connectivity index (χ0) is 19.1. The minimum atomic E-state index is 0. The Kier molecular flexibility index (Phi) is 9.06. The van der Waals surface area contributed by atoms with Crippen LogP contribution in [0.15, 0.2) is 30.3 Å². The quantitative estimate of drug-likeness (QED) is 0.783. The molecule has 0 radical (unpaired) electrons. The molecule has 28 heavy (non-hydrogen) atoms. The van der Waals surface area contributed by atoms with Gasteiger partial charge in [-0.15, -0.1) is 12.4 Å². The van der Waals surface area contributed by atoms with E-state index < -0.39 is 0 Å². The Morgan fingerprint density at radius 3 is 2.46 bits per heavy atom. The van der Waals surface area contributed by atoms with E-state index in [1.807, 2.05) is 47.2 Å². The number of carbonyl (C=O) groups is 2. The number of carbonyl (C=O) groups excluding carboxylic acids is 2. The molecular weight excluding hydrogens is 378 g/mol. The molecule has 0 aromatic heterocycles. The number of piperidine rings is 2. The monoisotopic (exact) mass is 409 g/mol. The van der Waals surface area contributed by atoms with E-state index in [-0.39, 0.29) is 30.1 Å². The number of ether oxygens (including phenoxy) is 1. The average Bonchev–Trinajstić information content (AvgIpc) is 2.74. The first kappa shape index (κ1) is 22.5. The summed E-state index contributed by atoms with van der Waals surface area (Å²) in [5.41, 5.74) is 0. The van der Waals surface area contributed by atoms with Crippen molar-refractivity contribution in [2.75, 3.05) is 39.8 Å². The zero-order valence-electron chi connectivity index (χ0n) is 16.6. The van der Waals surface area contributed by atoms with Crippen LogP contribution in [0, 0.1) is 5.92 Å². The van der Waals surface area contributed by atoms with E-state index in [0.717, 1.165) is 44.5 Å². The van der Waals surface area contributed by atoms with Gasteiger partial charge in [0.1, 0.15) is 5.75 Å². The van der Waals surface area contributed by atoms with E-state index in [1.165, 1.54) is 0 Å². The molecule has 0 saturated carbocycles. The Balaban J connectivity index is 0.00000280. The van der Waals surface area contributed by atoms with Crippen molar-refractivity contribution in [3.05, 3.63) is 30.3 Å². The smallest absolute Gasteiger partial charge is 0.225 e. The SMILES string of the molecule is CNC1CCCN(C(=O)C2CCN(C(=O)CCOc3ccccc3)CC2)C1.Cl. The van der Waals surface area contributed by atoms with Crippen LogP contribution >= 0.6 is 12.4 Å². The number of rotatable bonds is 6. The largest absolute Gasteiger partial charge is 0.493 e. The Morgan fingerprint density at radius 2 is 1.79 bits per heavy atom. The number of hydrogen-bond donors (Lipinski definition) is 1. The normalized spacial score (nSPS) is 20.4. The van der Waals surface area contributed by atoms with Crippen LogP contribution in [0.4, 0.5) is 0 Å².